The molecule has 1 saturated carbocycles. The molecule has 1 aromatic rings. The molecule has 1 aliphatic carbocycles. The largest absolute Gasteiger partial charge is 0.497 e. The van der Waals surface area contributed by atoms with E-state index in [1.54, 1.807) is 7.11 Å². The number of nitrogens with one attached hydrogen (secondary N) is 1. The number of ether oxygens (including phenoxy) is 1. The van der Waals surface area contributed by atoms with Gasteiger partial charge in [-0.3, -0.25) is 0 Å². The molecule has 0 heterocycles. The van der Waals surface area contributed by atoms with Crippen LogP contribution in [0.15, 0.2) is 22.7 Å². The maximum absolute atomic E-state index is 6.08. The van der Waals surface area contributed by atoms with Gasteiger partial charge >= 0.3 is 0 Å². The van der Waals surface area contributed by atoms with Crippen molar-refractivity contribution in [2.45, 2.75) is 32.2 Å². The van der Waals surface area contributed by atoms with Gasteiger partial charge in [0.1, 0.15) is 5.75 Å². The summed E-state index contributed by atoms with van der Waals surface area (Å²) in [6, 6.07) is 6.09. The van der Waals surface area contributed by atoms with Gasteiger partial charge in [0, 0.05) is 16.9 Å². The van der Waals surface area contributed by atoms with Crippen molar-refractivity contribution in [3.05, 3.63) is 28.2 Å². The smallest absolute Gasteiger partial charge is 0.119 e. The van der Waals surface area contributed by atoms with Gasteiger partial charge < -0.3 is 10.1 Å². The summed E-state index contributed by atoms with van der Waals surface area (Å²) in [4.78, 5) is 0. The second-order valence-corrected chi connectivity index (χ2v) is 6.71. The van der Waals surface area contributed by atoms with Crippen LogP contribution in [0.1, 0.15) is 31.2 Å². The molecule has 20 heavy (non-hydrogen) atoms. The zero-order valence-electron chi connectivity index (χ0n) is 12.0. The van der Waals surface area contributed by atoms with Crippen LogP contribution in [0.3, 0.4) is 0 Å². The molecule has 1 aliphatic rings. The second kappa shape index (κ2) is 8.26. The van der Waals surface area contributed by atoms with Crippen LogP contribution in [0.2, 0.25) is 0 Å². The number of alkyl halides is 1. The SMILES string of the molecule is COc1ccc(Br)c(CNCC2CCCCC2CCl)c1. The van der Waals surface area contributed by atoms with Gasteiger partial charge in [-0.25, -0.2) is 0 Å². The molecule has 0 saturated heterocycles. The van der Waals surface area contributed by atoms with E-state index in [9.17, 15) is 0 Å². The summed E-state index contributed by atoms with van der Waals surface area (Å²) >= 11 is 9.68. The molecule has 112 valence electrons. The molecule has 2 unspecified atom stereocenters. The zero-order valence-corrected chi connectivity index (χ0v) is 14.3. The first-order valence-electron chi connectivity index (χ1n) is 7.33. The third-order valence-corrected chi connectivity index (χ3v) is 5.41. The summed E-state index contributed by atoms with van der Waals surface area (Å²) in [5.74, 6) is 3.12. The minimum atomic E-state index is 0.687. The summed E-state index contributed by atoms with van der Waals surface area (Å²) in [6.07, 6.45) is 5.29. The zero-order chi connectivity index (χ0) is 14.4. The number of hydrogen-bond acceptors (Lipinski definition) is 2. The molecule has 0 spiro atoms. The van der Waals surface area contributed by atoms with Crippen molar-refractivity contribution >= 4 is 27.5 Å². The Labute approximate surface area is 135 Å². The van der Waals surface area contributed by atoms with E-state index in [-0.39, 0.29) is 0 Å². The predicted molar refractivity (Wildman–Crippen MR) is 88.6 cm³/mol. The molecule has 0 bridgehead atoms. The van der Waals surface area contributed by atoms with Crippen LogP contribution in [0.25, 0.3) is 0 Å². The molecule has 1 N–H and O–H groups in total. The van der Waals surface area contributed by atoms with Gasteiger partial charge in [-0.2, -0.15) is 0 Å². The molecule has 0 amide bonds. The average Bonchev–Trinajstić information content (AvgIpc) is 2.49. The minimum Gasteiger partial charge on any atom is -0.497 e. The molecule has 1 fully saturated rings. The van der Waals surface area contributed by atoms with Crippen LogP contribution in [0.5, 0.6) is 5.75 Å². The Morgan fingerprint density at radius 1 is 1.30 bits per heavy atom. The van der Waals surface area contributed by atoms with E-state index in [1.165, 1.54) is 31.2 Å². The van der Waals surface area contributed by atoms with Gasteiger partial charge in [-0.15, -0.1) is 11.6 Å². The highest BCUT2D eigenvalue weighted by Crippen LogP contribution is 2.30. The maximum atomic E-state index is 6.08. The van der Waals surface area contributed by atoms with Crippen LogP contribution in [-0.4, -0.2) is 19.5 Å². The first-order valence-corrected chi connectivity index (χ1v) is 8.66. The van der Waals surface area contributed by atoms with Crippen molar-refractivity contribution in [2.75, 3.05) is 19.5 Å². The molecule has 0 aliphatic heterocycles. The van der Waals surface area contributed by atoms with E-state index < -0.39 is 0 Å². The topological polar surface area (TPSA) is 21.3 Å². The fraction of sp³-hybridized carbons (Fsp3) is 0.625. The Hall–Kier alpha value is -0.250. The molecule has 1 aromatic carbocycles. The lowest BCUT2D eigenvalue weighted by Gasteiger charge is -2.30. The highest BCUT2D eigenvalue weighted by molar-refractivity contribution is 9.10. The minimum absolute atomic E-state index is 0.687. The van der Waals surface area contributed by atoms with E-state index in [1.807, 2.05) is 12.1 Å². The monoisotopic (exact) mass is 359 g/mol. The Morgan fingerprint density at radius 3 is 2.75 bits per heavy atom. The Kier molecular flexibility index (Phi) is 6.66. The third-order valence-electron chi connectivity index (χ3n) is 4.24. The summed E-state index contributed by atoms with van der Waals surface area (Å²) in [6.45, 7) is 1.92. The number of methoxy groups -OCH3 is 1. The van der Waals surface area contributed by atoms with Gasteiger partial charge in [0.15, 0.2) is 0 Å². The fourth-order valence-corrected chi connectivity index (χ4v) is 3.76. The normalized spacial score (nSPS) is 22.8. The van der Waals surface area contributed by atoms with Crippen LogP contribution in [0.4, 0.5) is 0 Å². The van der Waals surface area contributed by atoms with Crippen molar-refractivity contribution in [3.63, 3.8) is 0 Å². The van der Waals surface area contributed by atoms with Gasteiger partial charge in [-0.05, 0) is 55.0 Å². The van der Waals surface area contributed by atoms with Gasteiger partial charge in [0.2, 0.25) is 0 Å². The van der Waals surface area contributed by atoms with Crippen molar-refractivity contribution in [1.82, 2.24) is 5.32 Å². The first kappa shape index (κ1) is 16.1. The van der Waals surface area contributed by atoms with Gasteiger partial charge in [0.05, 0.1) is 7.11 Å². The Morgan fingerprint density at radius 2 is 2.05 bits per heavy atom. The molecule has 2 nitrogen and oxygen atoms in total. The van der Waals surface area contributed by atoms with E-state index in [2.05, 4.69) is 27.3 Å². The highest BCUT2D eigenvalue weighted by atomic mass is 79.9. The molecule has 4 heteroatoms. The van der Waals surface area contributed by atoms with Crippen molar-refractivity contribution in [3.8, 4) is 5.75 Å². The summed E-state index contributed by atoms with van der Waals surface area (Å²) in [5.41, 5.74) is 1.24. The van der Waals surface area contributed by atoms with Gasteiger partial charge in [0.25, 0.3) is 0 Å². The molecule has 0 radical (unpaired) electrons. The third kappa shape index (κ3) is 4.37. The molecule has 2 rings (SSSR count). The quantitative estimate of drug-likeness (QED) is 0.749. The maximum Gasteiger partial charge on any atom is 0.119 e. The van der Waals surface area contributed by atoms with E-state index in [4.69, 9.17) is 16.3 Å². The lowest BCUT2D eigenvalue weighted by atomic mass is 9.80. The van der Waals surface area contributed by atoms with Gasteiger partial charge in [-0.1, -0.05) is 28.8 Å². The predicted octanol–water partition coefficient (Wildman–Crippen LogP) is 4.59. The van der Waals surface area contributed by atoms with E-state index in [0.29, 0.717) is 5.92 Å². The van der Waals surface area contributed by atoms with Crippen LogP contribution >= 0.6 is 27.5 Å². The van der Waals surface area contributed by atoms with Crippen molar-refractivity contribution < 1.29 is 4.74 Å². The standard InChI is InChI=1S/C16H23BrClNO/c1-20-15-6-7-16(17)14(8-15)11-19-10-13-5-3-2-4-12(13)9-18/h6-8,12-13,19H,2-5,9-11H2,1H3. The number of hydrogen-bond donors (Lipinski definition) is 1. The van der Waals surface area contributed by atoms with E-state index in [0.717, 1.165) is 35.1 Å². The average molecular weight is 361 g/mol. The number of rotatable bonds is 6. The molecular weight excluding hydrogens is 338 g/mol. The second-order valence-electron chi connectivity index (χ2n) is 5.55. The van der Waals surface area contributed by atoms with Crippen LogP contribution in [-0.2, 0) is 6.54 Å². The molecule has 2 atom stereocenters. The molecular formula is C16H23BrClNO. The Bertz CT molecular complexity index is 427. The van der Waals surface area contributed by atoms with E-state index >= 15 is 0 Å². The lowest BCUT2D eigenvalue weighted by Crippen LogP contribution is -2.31. The van der Waals surface area contributed by atoms with Crippen LogP contribution < -0.4 is 10.1 Å². The summed E-state index contributed by atoms with van der Waals surface area (Å²) in [7, 11) is 1.70. The number of benzene rings is 1. The first-order chi connectivity index (χ1) is 9.74. The fourth-order valence-electron chi connectivity index (χ4n) is 2.96. The van der Waals surface area contributed by atoms with Crippen molar-refractivity contribution in [1.29, 1.82) is 0 Å². The highest BCUT2D eigenvalue weighted by Gasteiger charge is 2.23. The lowest BCUT2D eigenvalue weighted by molar-refractivity contribution is 0.250. The number of halogens is 2. The Balaban J connectivity index is 1.85. The summed E-state index contributed by atoms with van der Waals surface area (Å²) in [5, 5.41) is 3.58. The summed E-state index contributed by atoms with van der Waals surface area (Å²) < 4.78 is 6.40. The van der Waals surface area contributed by atoms with Crippen LogP contribution in [0, 0.1) is 11.8 Å². The molecule has 0 aromatic heterocycles. The van der Waals surface area contributed by atoms with Crippen molar-refractivity contribution in [2.24, 2.45) is 11.8 Å².